The van der Waals surface area contributed by atoms with Crippen LogP contribution in [0.1, 0.15) is 81.9 Å². The van der Waals surface area contributed by atoms with Crippen LogP contribution in [0, 0.1) is 6.92 Å². The van der Waals surface area contributed by atoms with Crippen LogP contribution in [0.2, 0.25) is 0 Å². The third-order valence-electron chi connectivity index (χ3n) is 6.78. The lowest BCUT2D eigenvalue weighted by atomic mass is 9.95. The molecule has 190 valence electrons. The van der Waals surface area contributed by atoms with Crippen LogP contribution in [-0.2, 0) is 16.1 Å². The van der Waals surface area contributed by atoms with E-state index in [4.69, 9.17) is 4.74 Å². The van der Waals surface area contributed by atoms with E-state index in [1.807, 2.05) is 56.3 Å². The number of aryl methyl sites for hydroxylation is 1. The minimum Gasteiger partial charge on any atom is -0.483 e. The third-order valence-corrected chi connectivity index (χ3v) is 7.40. The van der Waals surface area contributed by atoms with Gasteiger partial charge in [0, 0.05) is 12.6 Å². The van der Waals surface area contributed by atoms with Crippen LogP contribution in [0.3, 0.4) is 0 Å². The molecule has 1 aliphatic carbocycles. The second kappa shape index (κ2) is 13.1. The number of halogens is 1. The molecule has 2 amide bonds. The fourth-order valence-corrected chi connectivity index (χ4v) is 5.08. The lowest BCUT2D eigenvalue weighted by molar-refractivity contribution is -0.143. The first-order chi connectivity index (χ1) is 16.8. The van der Waals surface area contributed by atoms with Crippen molar-refractivity contribution in [2.75, 3.05) is 6.61 Å². The van der Waals surface area contributed by atoms with Gasteiger partial charge in [0.15, 0.2) is 6.61 Å². The molecule has 0 aliphatic heterocycles. The van der Waals surface area contributed by atoms with E-state index in [0.29, 0.717) is 24.6 Å². The number of benzene rings is 2. The molecule has 0 aromatic heterocycles. The smallest absolute Gasteiger partial charge is 0.261 e. The normalized spacial score (nSPS) is 15.0. The summed E-state index contributed by atoms with van der Waals surface area (Å²) in [7, 11) is 0. The van der Waals surface area contributed by atoms with Crippen molar-refractivity contribution in [2.24, 2.45) is 0 Å². The number of hydrogen-bond donors (Lipinski definition) is 1. The van der Waals surface area contributed by atoms with Gasteiger partial charge in [0.05, 0.1) is 4.47 Å². The second-order valence-corrected chi connectivity index (χ2v) is 10.8. The fourth-order valence-electron chi connectivity index (χ4n) is 4.57. The van der Waals surface area contributed by atoms with Crippen molar-refractivity contribution in [3.8, 4) is 5.75 Å². The van der Waals surface area contributed by atoms with Gasteiger partial charge in [0.2, 0.25) is 5.91 Å². The topological polar surface area (TPSA) is 58.6 Å². The largest absolute Gasteiger partial charge is 0.483 e. The zero-order valence-corrected chi connectivity index (χ0v) is 23.1. The van der Waals surface area contributed by atoms with Crippen molar-refractivity contribution in [3.63, 3.8) is 0 Å². The molecule has 1 aliphatic rings. The average molecular weight is 544 g/mol. The van der Waals surface area contributed by atoms with E-state index < -0.39 is 6.04 Å². The first-order valence-corrected chi connectivity index (χ1v) is 13.7. The van der Waals surface area contributed by atoms with Gasteiger partial charge < -0.3 is 15.0 Å². The molecule has 1 atom stereocenters. The molecular formula is C29H39BrN2O3. The molecule has 0 spiro atoms. The Balaban J connectivity index is 1.76. The van der Waals surface area contributed by atoms with Gasteiger partial charge in [-0.25, -0.2) is 0 Å². The quantitative estimate of drug-likeness (QED) is 0.372. The van der Waals surface area contributed by atoms with Gasteiger partial charge >= 0.3 is 0 Å². The number of hydrogen-bond acceptors (Lipinski definition) is 3. The summed E-state index contributed by atoms with van der Waals surface area (Å²) in [6, 6.07) is 13.7. The second-order valence-electron chi connectivity index (χ2n) is 9.91. The van der Waals surface area contributed by atoms with Crippen LogP contribution in [0.15, 0.2) is 46.9 Å². The lowest BCUT2D eigenvalue weighted by Gasteiger charge is -2.32. The van der Waals surface area contributed by atoms with Crippen molar-refractivity contribution in [1.29, 1.82) is 0 Å². The molecule has 1 saturated carbocycles. The molecule has 0 bridgehead atoms. The van der Waals surface area contributed by atoms with Crippen LogP contribution < -0.4 is 10.1 Å². The summed E-state index contributed by atoms with van der Waals surface area (Å²) in [6.07, 6.45) is 6.09. The molecule has 0 radical (unpaired) electrons. The van der Waals surface area contributed by atoms with Gasteiger partial charge in [0.25, 0.3) is 5.91 Å². The van der Waals surface area contributed by atoms with Crippen LogP contribution in [-0.4, -0.2) is 35.4 Å². The summed E-state index contributed by atoms with van der Waals surface area (Å²) in [4.78, 5) is 28.5. The van der Waals surface area contributed by atoms with Crippen LogP contribution >= 0.6 is 15.9 Å². The van der Waals surface area contributed by atoms with E-state index in [1.165, 1.54) is 12.0 Å². The number of nitrogens with one attached hydrogen (secondary N) is 1. The lowest BCUT2D eigenvalue weighted by Crippen LogP contribution is -2.52. The average Bonchev–Trinajstić information content (AvgIpc) is 2.84. The maximum Gasteiger partial charge on any atom is 0.261 e. The molecule has 1 N–H and O–H groups in total. The standard InChI is InChI=1S/C29H39BrN2O3/c1-5-26(29(34)31-24-9-7-6-8-10-24)32(18-22-13-11-21(4)12-14-22)28(33)19-35-27-16-15-23(20(2)3)17-25(27)30/h11-17,20,24,26H,5-10,18-19H2,1-4H3,(H,31,34). The van der Waals surface area contributed by atoms with Crippen molar-refractivity contribution < 1.29 is 14.3 Å². The third kappa shape index (κ3) is 7.83. The molecule has 0 saturated heterocycles. The monoisotopic (exact) mass is 542 g/mol. The van der Waals surface area contributed by atoms with E-state index in [9.17, 15) is 9.59 Å². The molecule has 35 heavy (non-hydrogen) atoms. The predicted molar refractivity (Wildman–Crippen MR) is 145 cm³/mol. The van der Waals surface area contributed by atoms with Gasteiger partial charge in [-0.05, 0) is 71.3 Å². The first-order valence-electron chi connectivity index (χ1n) is 12.9. The number of carbonyl (C=O) groups excluding carboxylic acids is 2. The zero-order valence-electron chi connectivity index (χ0n) is 21.5. The number of carbonyl (C=O) groups is 2. The number of rotatable bonds is 10. The Labute approximate surface area is 218 Å². The van der Waals surface area contributed by atoms with Crippen molar-refractivity contribution in [2.45, 2.75) is 90.8 Å². The minimum absolute atomic E-state index is 0.0673. The van der Waals surface area contributed by atoms with Crippen molar-refractivity contribution in [1.82, 2.24) is 10.2 Å². The Hall–Kier alpha value is -2.34. The Morgan fingerprint density at radius 3 is 2.37 bits per heavy atom. The summed E-state index contributed by atoms with van der Waals surface area (Å²) in [5.74, 6) is 0.760. The minimum atomic E-state index is -0.541. The number of nitrogens with zero attached hydrogens (tertiary/aromatic N) is 1. The van der Waals surface area contributed by atoms with Gasteiger partial charge in [-0.1, -0.05) is 75.9 Å². The van der Waals surface area contributed by atoms with Crippen molar-refractivity contribution >= 4 is 27.7 Å². The molecule has 5 nitrogen and oxygen atoms in total. The van der Waals surface area contributed by atoms with Gasteiger partial charge in [-0.3, -0.25) is 9.59 Å². The van der Waals surface area contributed by atoms with Crippen LogP contribution in [0.25, 0.3) is 0 Å². The highest BCUT2D eigenvalue weighted by molar-refractivity contribution is 9.10. The van der Waals surface area contributed by atoms with Crippen molar-refractivity contribution in [3.05, 3.63) is 63.6 Å². The van der Waals surface area contributed by atoms with E-state index >= 15 is 0 Å². The van der Waals surface area contributed by atoms with E-state index in [1.54, 1.807) is 4.90 Å². The molecule has 1 unspecified atom stereocenters. The molecule has 3 rings (SSSR count). The Bertz CT molecular complexity index is 984. The number of amides is 2. The van der Waals surface area contributed by atoms with Gasteiger partial charge in [-0.2, -0.15) is 0 Å². The predicted octanol–water partition coefficient (Wildman–Crippen LogP) is 6.52. The summed E-state index contributed by atoms with van der Waals surface area (Å²) in [5.41, 5.74) is 3.35. The summed E-state index contributed by atoms with van der Waals surface area (Å²) < 4.78 is 6.75. The molecule has 6 heteroatoms. The summed E-state index contributed by atoms with van der Waals surface area (Å²) >= 11 is 3.57. The highest BCUT2D eigenvalue weighted by Gasteiger charge is 2.30. The van der Waals surface area contributed by atoms with Crippen LogP contribution in [0.5, 0.6) is 5.75 Å². The van der Waals surface area contributed by atoms with Crippen LogP contribution in [0.4, 0.5) is 0 Å². The summed E-state index contributed by atoms with van der Waals surface area (Å²) in [6.45, 7) is 8.51. The molecular weight excluding hydrogens is 504 g/mol. The highest BCUT2D eigenvalue weighted by atomic mass is 79.9. The Morgan fingerprint density at radius 2 is 1.77 bits per heavy atom. The van der Waals surface area contributed by atoms with Gasteiger partial charge in [0.1, 0.15) is 11.8 Å². The first kappa shape index (κ1) is 27.3. The van der Waals surface area contributed by atoms with E-state index in [-0.39, 0.29) is 24.5 Å². The Kier molecular flexibility index (Phi) is 10.2. The molecule has 1 fully saturated rings. The van der Waals surface area contributed by atoms with Gasteiger partial charge in [-0.15, -0.1) is 0 Å². The maximum absolute atomic E-state index is 13.5. The number of ether oxygens (including phenoxy) is 1. The SMILES string of the molecule is CCC(C(=O)NC1CCCCC1)N(Cc1ccc(C)cc1)C(=O)COc1ccc(C(C)C)cc1Br. The Morgan fingerprint density at radius 1 is 1.09 bits per heavy atom. The van der Waals surface area contributed by atoms with E-state index in [0.717, 1.165) is 41.3 Å². The molecule has 0 heterocycles. The molecule has 2 aromatic rings. The highest BCUT2D eigenvalue weighted by Crippen LogP contribution is 2.29. The zero-order chi connectivity index (χ0) is 25.4. The molecule has 2 aromatic carbocycles. The van der Waals surface area contributed by atoms with E-state index in [2.05, 4.69) is 35.1 Å². The maximum atomic E-state index is 13.5. The summed E-state index contributed by atoms with van der Waals surface area (Å²) in [5, 5.41) is 3.22. The fraction of sp³-hybridized carbons (Fsp3) is 0.517.